The predicted molar refractivity (Wildman–Crippen MR) is 63.8 cm³/mol. The lowest BCUT2D eigenvalue weighted by molar-refractivity contribution is 0.364. The van der Waals surface area contributed by atoms with Crippen molar-refractivity contribution in [3.63, 3.8) is 0 Å². The molecule has 0 spiro atoms. The molecule has 0 saturated carbocycles. The second kappa shape index (κ2) is 4.17. The Morgan fingerprint density at radius 2 is 1.93 bits per heavy atom. The minimum Gasteiger partial charge on any atom is -0.329 e. The number of nitrogens with one attached hydrogen (secondary N) is 1. The highest BCUT2D eigenvalue weighted by Crippen LogP contribution is 2.29. The number of nitrogens with two attached hydrogens (primary N) is 1. The van der Waals surface area contributed by atoms with Crippen LogP contribution in [-0.2, 0) is 12.8 Å². The molecule has 0 bridgehead atoms. The van der Waals surface area contributed by atoms with Crippen molar-refractivity contribution in [2.75, 3.05) is 13.1 Å². The van der Waals surface area contributed by atoms with Crippen molar-refractivity contribution in [3.05, 3.63) is 48.0 Å². The highest BCUT2D eigenvalue weighted by Gasteiger charge is 2.34. The van der Waals surface area contributed by atoms with Gasteiger partial charge in [-0.3, -0.25) is 0 Å². The summed E-state index contributed by atoms with van der Waals surface area (Å²) in [6.07, 6.45) is 3.96. The lowest BCUT2D eigenvalue weighted by atomic mass is 9.96. The minimum absolute atomic E-state index is 0.0534. The van der Waals surface area contributed by atoms with E-state index in [0.717, 1.165) is 19.4 Å². The van der Waals surface area contributed by atoms with Crippen LogP contribution >= 0.6 is 0 Å². The fourth-order valence-electron chi connectivity index (χ4n) is 2.32. The first kappa shape index (κ1) is 10.4. The Morgan fingerprint density at radius 1 is 1.33 bits per heavy atom. The molecular formula is C13H18N2. The van der Waals surface area contributed by atoms with Crippen molar-refractivity contribution in [1.29, 1.82) is 0 Å². The minimum atomic E-state index is 0.0534. The average molecular weight is 202 g/mol. The fourth-order valence-corrected chi connectivity index (χ4v) is 2.32. The maximum absolute atomic E-state index is 5.89. The second-order valence-electron chi connectivity index (χ2n) is 4.28. The zero-order valence-electron chi connectivity index (χ0n) is 9.00. The number of fused-ring (bicyclic) bond motifs is 1. The highest BCUT2D eigenvalue weighted by molar-refractivity contribution is 5.36. The number of benzene rings is 1. The zero-order valence-corrected chi connectivity index (χ0v) is 9.00. The zero-order chi connectivity index (χ0) is 10.7. The van der Waals surface area contributed by atoms with Gasteiger partial charge in [0, 0.05) is 18.6 Å². The third-order valence-electron chi connectivity index (χ3n) is 3.19. The van der Waals surface area contributed by atoms with E-state index in [2.05, 4.69) is 36.2 Å². The maximum Gasteiger partial charge on any atom is 0.0387 e. The lowest BCUT2D eigenvalue weighted by Crippen LogP contribution is -2.52. The molecule has 0 heterocycles. The van der Waals surface area contributed by atoms with Crippen LogP contribution in [0.15, 0.2) is 36.9 Å². The standard InChI is InChI=1S/C13H18N2/c1-2-7-15-13(10-14)8-11-5-3-4-6-12(11)9-13/h2-6,15H,1,7-10,14H2. The predicted octanol–water partition coefficient (Wildman–Crippen LogP) is 1.26. The van der Waals surface area contributed by atoms with E-state index in [0.29, 0.717) is 6.54 Å². The fraction of sp³-hybridized carbons (Fsp3) is 0.385. The summed E-state index contributed by atoms with van der Waals surface area (Å²) in [4.78, 5) is 0. The van der Waals surface area contributed by atoms with Crippen molar-refractivity contribution in [2.24, 2.45) is 5.73 Å². The molecule has 0 aromatic heterocycles. The van der Waals surface area contributed by atoms with E-state index in [4.69, 9.17) is 5.73 Å². The summed E-state index contributed by atoms with van der Waals surface area (Å²) in [5.41, 5.74) is 8.81. The van der Waals surface area contributed by atoms with Gasteiger partial charge in [0.25, 0.3) is 0 Å². The first-order chi connectivity index (χ1) is 7.29. The van der Waals surface area contributed by atoms with Gasteiger partial charge in [-0.2, -0.15) is 0 Å². The van der Waals surface area contributed by atoms with Crippen LogP contribution < -0.4 is 11.1 Å². The first-order valence-electron chi connectivity index (χ1n) is 5.42. The summed E-state index contributed by atoms with van der Waals surface area (Å²) in [6.45, 7) is 5.23. The van der Waals surface area contributed by atoms with Gasteiger partial charge in [0.05, 0.1) is 0 Å². The number of hydrogen-bond donors (Lipinski definition) is 2. The van der Waals surface area contributed by atoms with Crippen molar-refractivity contribution in [3.8, 4) is 0 Å². The Kier molecular flexibility index (Phi) is 2.89. The van der Waals surface area contributed by atoms with Gasteiger partial charge in [0.2, 0.25) is 0 Å². The highest BCUT2D eigenvalue weighted by atomic mass is 15.0. The average Bonchev–Trinajstić information content (AvgIpc) is 2.65. The monoisotopic (exact) mass is 202 g/mol. The van der Waals surface area contributed by atoms with Crippen LogP contribution in [0.2, 0.25) is 0 Å². The summed E-state index contributed by atoms with van der Waals surface area (Å²) in [6, 6.07) is 8.59. The van der Waals surface area contributed by atoms with Gasteiger partial charge in [-0.15, -0.1) is 6.58 Å². The van der Waals surface area contributed by atoms with Crippen LogP contribution in [0.5, 0.6) is 0 Å². The van der Waals surface area contributed by atoms with E-state index in [1.807, 2.05) is 6.08 Å². The molecule has 1 aromatic carbocycles. The van der Waals surface area contributed by atoms with Crippen LogP contribution in [0.4, 0.5) is 0 Å². The Labute approximate surface area is 91.2 Å². The Bertz CT molecular complexity index is 332. The molecule has 0 amide bonds. The van der Waals surface area contributed by atoms with E-state index in [9.17, 15) is 0 Å². The number of hydrogen-bond acceptors (Lipinski definition) is 2. The molecule has 80 valence electrons. The topological polar surface area (TPSA) is 38.0 Å². The van der Waals surface area contributed by atoms with Crippen molar-refractivity contribution >= 4 is 0 Å². The molecule has 0 fully saturated rings. The van der Waals surface area contributed by atoms with Crippen molar-refractivity contribution < 1.29 is 0 Å². The molecule has 1 aliphatic rings. The van der Waals surface area contributed by atoms with Crippen LogP contribution in [0.3, 0.4) is 0 Å². The molecular weight excluding hydrogens is 184 g/mol. The summed E-state index contributed by atoms with van der Waals surface area (Å²) < 4.78 is 0. The first-order valence-corrected chi connectivity index (χ1v) is 5.42. The van der Waals surface area contributed by atoms with Crippen LogP contribution in [0.25, 0.3) is 0 Å². The molecule has 2 rings (SSSR count). The van der Waals surface area contributed by atoms with Crippen molar-refractivity contribution in [1.82, 2.24) is 5.32 Å². The van der Waals surface area contributed by atoms with Gasteiger partial charge in [-0.05, 0) is 24.0 Å². The Hall–Kier alpha value is -1.12. The van der Waals surface area contributed by atoms with Crippen LogP contribution in [0.1, 0.15) is 11.1 Å². The molecule has 0 saturated heterocycles. The van der Waals surface area contributed by atoms with Gasteiger partial charge in [0.1, 0.15) is 0 Å². The molecule has 0 unspecified atom stereocenters. The van der Waals surface area contributed by atoms with Gasteiger partial charge in [0.15, 0.2) is 0 Å². The van der Waals surface area contributed by atoms with Gasteiger partial charge < -0.3 is 11.1 Å². The molecule has 1 aromatic rings. The van der Waals surface area contributed by atoms with E-state index in [1.54, 1.807) is 0 Å². The molecule has 0 radical (unpaired) electrons. The SMILES string of the molecule is C=CCNC1(CN)Cc2ccccc2C1. The molecule has 0 aliphatic heterocycles. The third-order valence-corrected chi connectivity index (χ3v) is 3.19. The van der Waals surface area contributed by atoms with E-state index in [1.165, 1.54) is 11.1 Å². The summed E-state index contributed by atoms with van der Waals surface area (Å²) in [5.74, 6) is 0. The Morgan fingerprint density at radius 3 is 2.40 bits per heavy atom. The molecule has 2 heteroatoms. The molecule has 1 aliphatic carbocycles. The summed E-state index contributed by atoms with van der Waals surface area (Å²) in [5, 5.41) is 3.50. The Balaban J connectivity index is 2.17. The quantitative estimate of drug-likeness (QED) is 0.721. The van der Waals surface area contributed by atoms with Gasteiger partial charge in [-0.1, -0.05) is 30.3 Å². The van der Waals surface area contributed by atoms with E-state index >= 15 is 0 Å². The molecule has 15 heavy (non-hydrogen) atoms. The van der Waals surface area contributed by atoms with Gasteiger partial charge >= 0.3 is 0 Å². The second-order valence-corrected chi connectivity index (χ2v) is 4.28. The smallest absolute Gasteiger partial charge is 0.0387 e. The van der Waals surface area contributed by atoms with Crippen molar-refractivity contribution in [2.45, 2.75) is 18.4 Å². The summed E-state index contributed by atoms with van der Waals surface area (Å²) in [7, 11) is 0. The molecule has 3 N–H and O–H groups in total. The number of rotatable bonds is 4. The van der Waals surface area contributed by atoms with E-state index in [-0.39, 0.29) is 5.54 Å². The molecule has 2 nitrogen and oxygen atoms in total. The largest absolute Gasteiger partial charge is 0.329 e. The molecule has 0 atom stereocenters. The summed E-state index contributed by atoms with van der Waals surface area (Å²) >= 11 is 0. The van der Waals surface area contributed by atoms with Crippen LogP contribution in [-0.4, -0.2) is 18.6 Å². The van der Waals surface area contributed by atoms with Gasteiger partial charge in [-0.25, -0.2) is 0 Å². The van der Waals surface area contributed by atoms with Crippen LogP contribution in [0, 0.1) is 0 Å². The maximum atomic E-state index is 5.89. The third kappa shape index (κ3) is 1.96. The lowest BCUT2D eigenvalue weighted by Gasteiger charge is -2.28. The van der Waals surface area contributed by atoms with E-state index < -0.39 is 0 Å². The normalized spacial score (nSPS) is 17.4.